The SMILES string of the molecule is NCCCCCCCCCSC/C(=C/O)CCN. The molecule has 0 fully saturated rings. The summed E-state index contributed by atoms with van der Waals surface area (Å²) < 4.78 is 0. The van der Waals surface area contributed by atoms with Crippen molar-refractivity contribution in [2.75, 3.05) is 24.6 Å². The minimum Gasteiger partial charge on any atom is -0.516 e. The third-order valence-electron chi connectivity index (χ3n) is 2.93. The molecule has 4 heteroatoms. The molecule has 0 atom stereocenters. The van der Waals surface area contributed by atoms with Gasteiger partial charge in [0.15, 0.2) is 0 Å². The highest BCUT2D eigenvalue weighted by Gasteiger charge is 1.97. The molecule has 0 aliphatic rings. The lowest BCUT2D eigenvalue weighted by atomic mass is 10.1. The highest BCUT2D eigenvalue weighted by molar-refractivity contribution is 7.99. The zero-order valence-corrected chi connectivity index (χ0v) is 12.4. The first kappa shape index (κ1) is 17.8. The molecule has 0 heterocycles. The molecule has 0 aromatic rings. The molecule has 0 aliphatic carbocycles. The average Bonchev–Trinajstić information content (AvgIpc) is 2.39. The van der Waals surface area contributed by atoms with E-state index >= 15 is 0 Å². The summed E-state index contributed by atoms with van der Waals surface area (Å²) in [6.07, 6.45) is 11.1. The fourth-order valence-corrected chi connectivity index (χ4v) is 2.83. The number of aliphatic hydroxyl groups excluding tert-OH is 1. The van der Waals surface area contributed by atoms with Gasteiger partial charge in [-0.05, 0) is 43.7 Å². The van der Waals surface area contributed by atoms with E-state index in [4.69, 9.17) is 16.6 Å². The summed E-state index contributed by atoms with van der Waals surface area (Å²) in [5.41, 5.74) is 12.0. The zero-order valence-electron chi connectivity index (χ0n) is 11.6. The second kappa shape index (κ2) is 14.9. The molecule has 0 radical (unpaired) electrons. The Morgan fingerprint density at radius 2 is 1.50 bits per heavy atom. The highest BCUT2D eigenvalue weighted by Crippen LogP contribution is 2.14. The molecule has 0 unspecified atom stereocenters. The molecule has 3 nitrogen and oxygen atoms in total. The lowest BCUT2D eigenvalue weighted by molar-refractivity contribution is 0.465. The van der Waals surface area contributed by atoms with E-state index in [9.17, 15) is 0 Å². The highest BCUT2D eigenvalue weighted by atomic mass is 32.2. The minimum atomic E-state index is 0.621. The number of rotatable bonds is 13. The number of aliphatic hydroxyl groups is 1. The summed E-state index contributed by atoms with van der Waals surface area (Å²) in [6.45, 7) is 1.45. The quantitative estimate of drug-likeness (QED) is 0.356. The van der Waals surface area contributed by atoms with E-state index in [2.05, 4.69) is 0 Å². The van der Waals surface area contributed by atoms with Gasteiger partial charge in [0, 0.05) is 5.75 Å². The summed E-state index contributed by atoms with van der Waals surface area (Å²) in [5.74, 6) is 2.11. The Hall–Kier alpha value is -0.190. The second-order valence-corrected chi connectivity index (χ2v) is 5.75. The van der Waals surface area contributed by atoms with Gasteiger partial charge in [0.05, 0.1) is 6.26 Å². The van der Waals surface area contributed by atoms with Crippen molar-refractivity contribution in [1.82, 2.24) is 0 Å². The second-order valence-electron chi connectivity index (χ2n) is 4.64. The Bertz CT molecular complexity index is 198. The van der Waals surface area contributed by atoms with Crippen molar-refractivity contribution >= 4 is 11.8 Å². The van der Waals surface area contributed by atoms with Crippen molar-refractivity contribution in [2.24, 2.45) is 11.5 Å². The van der Waals surface area contributed by atoms with Crippen molar-refractivity contribution in [2.45, 2.75) is 51.4 Å². The van der Waals surface area contributed by atoms with Gasteiger partial charge in [-0.3, -0.25) is 0 Å². The summed E-state index contributed by atoms with van der Waals surface area (Å²) in [6, 6.07) is 0. The van der Waals surface area contributed by atoms with E-state index in [0.717, 1.165) is 24.3 Å². The van der Waals surface area contributed by atoms with Crippen LogP contribution in [0.25, 0.3) is 0 Å². The van der Waals surface area contributed by atoms with E-state index in [1.165, 1.54) is 57.0 Å². The Morgan fingerprint density at radius 1 is 0.889 bits per heavy atom. The largest absolute Gasteiger partial charge is 0.516 e. The van der Waals surface area contributed by atoms with Crippen LogP contribution in [0, 0.1) is 0 Å². The molecule has 5 N–H and O–H groups in total. The van der Waals surface area contributed by atoms with E-state index in [1.54, 1.807) is 0 Å². The van der Waals surface area contributed by atoms with Crippen LogP contribution in [0.5, 0.6) is 0 Å². The molecule has 0 aromatic heterocycles. The monoisotopic (exact) mass is 274 g/mol. The summed E-state index contributed by atoms with van der Waals surface area (Å²) in [7, 11) is 0. The van der Waals surface area contributed by atoms with Crippen LogP contribution in [0.3, 0.4) is 0 Å². The van der Waals surface area contributed by atoms with Crippen molar-refractivity contribution < 1.29 is 5.11 Å². The standard InChI is InChI=1S/C14H30N2OS/c15-9-6-4-2-1-3-5-7-11-18-13-14(12-17)8-10-16/h12,17H,1-11,13,15-16H2/b14-12+. The Kier molecular flexibility index (Phi) is 14.7. The first-order chi connectivity index (χ1) is 8.85. The van der Waals surface area contributed by atoms with Crippen LogP contribution in [-0.2, 0) is 0 Å². The topological polar surface area (TPSA) is 72.3 Å². The van der Waals surface area contributed by atoms with Gasteiger partial charge in [-0.1, -0.05) is 32.1 Å². The predicted octanol–water partition coefficient (Wildman–Crippen LogP) is 3.20. The lowest BCUT2D eigenvalue weighted by Gasteiger charge is -2.05. The summed E-state index contributed by atoms with van der Waals surface area (Å²) in [4.78, 5) is 0. The van der Waals surface area contributed by atoms with E-state index in [-0.39, 0.29) is 0 Å². The summed E-state index contributed by atoms with van der Waals surface area (Å²) >= 11 is 1.90. The molecule has 108 valence electrons. The third-order valence-corrected chi connectivity index (χ3v) is 4.08. The van der Waals surface area contributed by atoms with Gasteiger partial charge in [-0.15, -0.1) is 0 Å². The number of nitrogens with two attached hydrogens (primary N) is 2. The van der Waals surface area contributed by atoms with Crippen LogP contribution in [-0.4, -0.2) is 29.7 Å². The van der Waals surface area contributed by atoms with Gasteiger partial charge >= 0.3 is 0 Å². The number of thioether (sulfide) groups is 1. The number of unbranched alkanes of at least 4 members (excludes halogenated alkanes) is 6. The molecule has 0 aromatic carbocycles. The first-order valence-electron chi connectivity index (χ1n) is 7.15. The van der Waals surface area contributed by atoms with Crippen LogP contribution in [0.1, 0.15) is 51.4 Å². The first-order valence-corrected chi connectivity index (χ1v) is 8.30. The van der Waals surface area contributed by atoms with Crippen molar-refractivity contribution in [3.8, 4) is 0 Å². The maximum absolute atomic E-state index is 8.96. The fraction of sp³-hybridized carbons (Fsp3) is 0.857. The molecule has 0 saturated heterocycles. The molecular weight excluding hydrogens is 244 g/mol. The fourth-order valence-electron chi connectivity index (χ4n) is 1.79. The van der Waals surface area contributed by atoms with Crippen molar-refractivity contribution in [3.63, 3.8) is 0 Å². The lowest BCUT2D eigenvalue weighted by Crippen LogP contribution is -2.02. The van der Waals surface area contributed by atoms with Crippen LogP contribution in [0.15, 0.2) is 11.8 Å². The molecule has 0 amide bonds. The van der Waals surface area contributed by atoms with E-state index in [1.807, 2.05) is 11.8 Å². The van der Waals surface area contributed by atoms with Crippen LogP contribution < -0.4 is 11.5 Å². The maximum atomic E-state index is 8.96. The Balaban J connectivity index is 3.16. The smallest absolute Gasteiger partial charge is 0.0792 e. The number of hydrogen-bond acceptors (Lipinski definition) is 4. The maximum Gasteiger partial charge on any atom is 0.0792 e. The average molecular weight is 274 g/mol. The van der Waals surface area contributed by atoms with E-state index in [0.29, 0.717) is 6.54 Å². The van der Waals surface area contributed by atoms with Gasteiger partial charge in [0.25, 0.3) is 0 Å². The Labute approximate surface area is 116 Å². The molecule has 18 heavy (non-hydrogen) atoms. The van der Waals surface area contributed by atoms with E-state index < -0.39 is 0 Å². The zero-order chi connectivity index (χ0) is 13.5. The van der Waals surface area contributed by atoms with Crippen LogP contribution >= 0.6 is 11.8 Å². The molecule has 0 rings (SSSR count). The van der Waals surface area contributed by atoms with Gasteiger partial charge in [0.1, 0.15) is 0 Å². The van der Waals surface area contributed by atoms with Gasteiger partial charge in [-0.25, -0.2) is 0 Å². The molecule has 0 spiro atoms. The Morgan fingerprint density at radius 3 is 2.06 bits per heavy atom. The normalized spacial score (nSPS) is 12.0. The van der Waals surface area contributed by atoms with Crippen molar-refractivity contribution in [3.05, 3.63) is 11.8 Å². The predicted molar refractivity (Wildman–Crippen MR) is 83.1 cm³/mol. The summed E-state index contributed by atoms with van der Waals surface area (Å²) in [5, 5.41) is 8.96. The van der Waals surface area contributed by atoms with Crippen molar-refractivity contribution in [1.29, 1.82) is 0 Å². The van der Waals surface area contributed by atoms with Crippen LogP contribution in [0.2, 0.25) is 0 Å². The number of hydrogen-bond donors (Lipinski definition) is 3. The molecule has 0 saturated carbocycles. The minimum absolute atomic E-state index is 0.621. The molecule has 0 aliphatic heterocycles. The van der Waals surface area contributed by atoms with Crippen LogP contribution in [0.4, 0.5) is 0 Å². The van der Waals surface area contributed by atoms with Gasteiger partial charge in [0.2, 0.25) is 0 Å². The van der Waals surface area contributed by atoms with Gasteiger partial charge in [-0.2, -0.15) is 11.8 Å². The molecule has 0 bridgehead atoms. The third kappa shape index (κ3) is 12.3. The molecular formula is C14H30N2OS. The van der Waals surface area contributed by atoms with Gasteiger partial charge < -0.3 is 16.6 Å².